The van der Waals surface area contributed by atoms with Crippen molar-refractivity contribution in [1.29, 1.82) is 0 Å². The number of amides is 1. The van der Waals surface area contributed by atoms with E-state index in [-0.39, 0.29) is 5.91 Å². The van der Waals surface area contributed by atoms with Crippen molar-refractivity contribution in [2.75, 3.05) is 27.4 Å². The van der Waals surface area contributed by atoms with E-state index in [0.29, 0.717) is 30.4 Å². The number of hydrogen-bond donors (Lipinski definition) is 1. The Morgan fingerprint density at radius 3 is 2.62 bits per heavy atom. The van der Waals surface area contributed by atoms with Gasteiger partial charge < -0.3 is 23.9 Å². The minimum Gasteiger partial charge on any atom is -0.497 e. The van der Waals surface area contributed by atoms with E-state index in [1.165, 1.54) is 0 Å². The molecule has 1 N–H and O–H groups in total. The Morgan fingerprint density at radius 1 is 1.19 bits per heavy atom. The van der Waals surface area contributed by atoms with Gasteiger partial charge in [0.1, 0.15) is 22.8 Å². The van der Waals surface area contributed by atoms with Crippen LogP contribution in [0.1, 0.15) is 25.0 Å². The molecule has 2 aromatic carbocycles. The molecular formula is C26H29NO5. The molecule has 1 amide bonds. The van der Waals surface area contributed by atoms with Crippen molar-refractivity contribution < 1.29 is 23.4 Å². The summed E-state index contributed by atoms with van der Waals surface area (Å²) in [4.78, 5) is 12.3. The van der Waals surface area contributed by atoms with E-state index in [1.54, 1.807) is 32.6 Å². The maximum absolute atomic E-state index is 12.3. The summed E-state index contributed by atoms with van der Waals surface area (Å²) >= 11 is 0. The van der Waals surface area contributed by atoms with Crippen molar-refractivity contribution >= 4 is 22.4 Å². The zero-order valence-corrected chi connectivity index (χ0v) is 19.2. The van der Waals surface area contributed by atoms with Crippen LogP contribution in [0.15, 0.2) is 53.7 Å². The fourth-order valence-corrected chi connectivity index (χ4v) is 3.67. The summed E-state index contributed by atoms with van der Waals surface area (Å²) in [6, 6.07) is 7.63. The highest BCUT2D eigenvalue weighted by atomic mass is 16.5. The molecule has 0 saturated heterocycles. The second kappa shape index (κ2) is 10.1. The first-order chi connectivity index (χ1) is 15.4. The van der Waals surface area contributed by atoms with Gasteiger partial charge in [-0.2, -0.15) is 0 Å². The lowest BCUT2D eigenvalue weighted by Crippen LogP contribution is -2.20. The van der Waals surface area contributed by atoms with Crippen molar-refractivity contribution in [2.24, 2.45) is 0 Å². The number of fused-ring (bicyclic) bond motifs is 1. The highest BCUT2D eigenvalue weighted by Crippen LogP contribution is 2.43. The first-order valence-electron chi connectivity index (χ1n) is 10.4. The SMILES string of the molecule is C=CCNC(=O)/C=C(\C)c1cc2c(-c3cc(OC)ccc3OC)coc2c(C)c1OCC. The van der Waals surface area contributed by atoms with Gasteiger partial charge in [0.25, 0.3) is 0 Å². The first-order valence-corrected chi connectivity index (χ1v) is 10.4. The fraction of sp³-hybridized carbons (Fsp3) is 0.269. The summed E-state index contributed by atoms with van der Waals surface area (Å²) < 4.78 is 22.9. The van der Waals surface area contributed by atoms with E-state index in [2.05, 4.69) is 11.9 Å². The van der Waals surface area contributed by atoms with Crippen molar-refractivity contribution in [3.05, 3.63) is 60.4 Å². The molecule has 0 fully saturated rings. The van der Waals surface area contributed by atoms with Crippen LogP contribution >= 0.6 is 0 Å². The number of ether oxygens (including phenoxy) is 3. The largest absolute Gasteiger partial charge is 0.497 e. The quantitative estimate of drug-likeness (QED) is 0.353. The summed E-state index contributed by atoms with van der Waals surface area (Å²) in [5, 5.41) is 3.67. The molecule has 0 bridgehead atoms. The predicted molar refractivity (Wildman–Crippen MR) is 128 cm³/mol. The normalized spacial score (nSPS) is 11.3. The van der Waals surface area contributed by atoms with Gasteiger partial charge in [-0.15, -0.1) is 6.58 Å². The molecule has 0 aliphatic rings. The molecule has 6 heteroatoms. The van der Waals surface area contributed by atoms with Crippen LogP contribution in [0, 0.1) is 6.92 Å². The van der Waals surface area contributed by atoms with Crippen LogP contribution in [0.25, 0.3) is 27.7 Å². The Hall–Kier alpha value is -3.67. The van der Waals surface area contributed by atoms with Crippen LogP contribution in [0.5, 0.6) is 17.2 Å². The molecule has 1 heterocycles. The smallest absolute Gasteiger partial charge is 0.244 e. The molecule has 0 spiro atoms. The third-order valence-electron chi connectivity index (χ3n) is 5.22. The van der Waals surface area contributed by atoms with E-state index >= 15 is 0 Å². The second-order valence-electron chi connectivity index (χ2n) is 7.26. The molecule has 0 atom stereocenters. The fourth-order valence-electron chi connectivity index (χ4n) is 3.67. The number of carbonyl (C=O) groups excluding carboxylic acids is 1. The summed E-state index contributed by atoms with van der Waals surface area (Å²) in [5.41, 5.74) is 4.92. The van der Waals surface area contributed by atoms with E-state index in [0.717, 1.165) is 38.8 Å². The van der Waals surface area contributed by atoms with Crippen molar-refractivity contribution in [2.45, 2.75) is 20.8 Å². The number of allylic oxidation sites excluding steroid dienone is 1. The van der Waals surface area contributed by atoms with Gasteiger partial charge in [0.15, 0.2) is 0 Å². The maximum atomic E-state index is 12.3. The molecule has 168 valence electrons. The molecule has 0 saturated carbocycles. The monoisotopic (exact) mass is 435 g/mol. The van der Waals surface area contributed by atoms with Gasteiger partial charge in [0.05, 0.1) is 27.1 Å². The van der Waals surface area contributed by atoms with Crippen LogP contribution in [0.4, 0.5) is 0 Å². The molecule has 0 unspecified atom stereocenters. The molecule has 0 aliphatic heterocycles. The summed E-state index contributed by atoms with van der Waals surface area (Å²) in [6.07, 6.45) is 4.92. The van der Waals surface area contributed by atoms with Gasteiger partial charge in [0, 0.05) is 40.3 Å². The summed E-state index contributed by atoms with van der Waals surface area (Å²) in [7, 11) is 3.26. The average Bonchev–Trinajstić information content (AvgIpc) is 3.23. The molecule has 1 aromatic heterocycles. The third-order valence-corrected chi connectivity index (χ3v) is 5.22. The molecular weight excluding hydrogens is 406 g/mol. The number of rotatable bonds is 9. The highest BCUT2D eigenvalue weighted by Gasteiger charge is 2.21. The number of furan rings is 1. The topological polar surface area (TPSA) is 69.9 Å². The van der Waals surface area contributed by atoms with Crippen LogP contribution in [-0.4, -0.2) is 33.3 Å². The lowest BCUT2D eigenvalue weighted by Gasteiger charge is -2.15. The average molecular weight is 436 g/mol. The Balaban J connectivity index is 2.23. The summed E-state index contributed by atoms with van der Waals surface area (Å²) in [5.74, 6) is 1.93. The summed E-state index contributed by atoms with van der Waals surface area (Å²) in [6.45, 7) is 10.3. The first kappa shape index (κ1) is 23.0. The van der Waals surface area contributed by atoms with Crippen molar-refractivity contribution in [1.82, 2.24) is 5.32 Å². The maximum Gasteiger partial charge on any atom is 0.244 e. The van der Waals surface area contributed by atoms with Crippen LogP contribution in [-0.2, 0) is 4.79 Å². The zero-order chi connectivity index (χ0) is 23.3. The van der Waals surface area contributed by atoms with E-state index in [9.17, 15) is 4.79 Å². The molecule has 0 aliphatic carbocycles. The highest BCUT2D eigenvalue weighted by molar-refractivity contribution is 6.02. The minimum atomic E-state index is -0.190. The van der Waals surface area contributed by atoms with E-state index in [1.807, 2.05) is 45.0 Å². The van der Waals surface area contributed by atoms with E-state index in [4.69, 9.17) is 18.6 Å². The molecule has 3 rings (SSSR count). The Kier molecular flexibility index (Phi) is 7.25. The Morgan fingerprint density at radius 2 is 1.97 bits per heavy atom. The van der Waals surface area contributed by atoms with Gasteiger partial charge in [0.2, 0.25) is 5.91 Å². The number of hydrogen-bond acceptors (Lipinski definition) is 5. The van der Waals surface area contributed by atoms with Crippen LogP contribution in [0.3, 0.4) is 0 Å². The minimum absolute atomic E-state index is 0.190. The second-order valence-corrected chi connectivity index (χ2v) is 7.26. The van der Waals surface area contributed by atoms with Gasteiger partial charge >= 0.3 is 0 Å². The molecule has 6 nitrogen and oxygen atoms in total. The Bertz CT molecular complexity index is 1170. The Labute approximate surface area is 188 Å². The van der Waals surface area contributed by atoms with Gasteiger partial charge in [-0.1, -0.05) is 6.08 Å². The zero-order valence-electron chi connectivity index (χ0n) is 19.2. The van der Waals surface area contributed by atoms with Crippen LogP contribution < -0.4 is 19.5 Å². The molecule has 3 aromatic rings. The van der Waals surface area contributed by atoms with Gasteiger partial charge in [-0.3, -0.25) is 4.79 Å². The van der Waals surface area contributed by atoms with Crippen molar-refractivity contribution in [3.8, 4) is 28.4 Å². The lowest BCUT2D eigenvalue weighted by molar-refractivity contribution is -0.116. The predicted octanol–water partition coefficient (Wildman–Crippen LogP) is 5.53. The third kappa shape index (κ3) is 4.49. The number of benzene rings is 2. The lowest BCUT2D eigenvalue weighted by atomic mass is 9.96. The van der Waals surface area contributed by atoms with Gasteiger partial charge in [-0.05, 0) is 50.6 Å². The number of methoxy groups -OCH3 is 2. The number of nitrogens with one attached hydrogen (secondary N) is 1. The number of carbonyl (C=O) groups is 1. The van der Waals surface area contributed by atoms with E-state index < -0.39 is 0 Å². The molecule has 0 radical (unpaired) electrons. The van der Waals surface area contributed by atoms with Crippen molar-refractivity contribution in [3.63, 3.8) is 0 Å². The van der Waals surface area contributed by atoms with Crippen LogP contribution in [0.2, 0.25) is 0 Å². The molecule has 32 heavy (non-hydrogen) atoms. The van der Waals surface area contributed by atoms with Gasteiger partial charge in [-0.25, -0.2) is 0 Å². The number of aryl methyl sites for hydroxylation is 1. The standard InChI is InChI=1S/C26H29NO5/c1-7-11-27-24(28)12-16(3)19-14-21-22(15-32-26(21)17(4)25(19)31-8-2)20-13-18(29-5)9-10-23(20)30-6/h7,9-10,12-15H,1,8,11H2,2-6H3,(H,27,28)/b16-12+.